The molecule has 0 atom stereocenters. The first-order chi connectivity index (χ1) is 9.04. The second-order valence-electron chi connectivity index (χ2n) is 5.36. The third kappa shape index (κ3) is 2.97. The number of methoxy groups -OCH3 is 1. The predicted octanol–water partition coefficient (Wildman–Crippen LogP) is 2.08. The van der Waals surface area contributed by atoms with E-state index in [4.69, 9.17) is 10.5 Å². The molecule has 1 fully saturated rings. The van der Waals surface area contributed by atoms with Crippen molar-refractivity contribution in [2.75, 3.05) is 24.3 Å². The van der Waals surface area contributed by atoms with Crippen LogP contribution >= 0.6 is 0 Å². The first kappa shape index (κ1) is 13.6. The quantitative estimate of drug-likeness (QED) is 0.824. The maximum atomic E-state index is 11.7. The van der Waals surface area contributed by atoms with Gasteiger partial charge in [0.25, 0.3) is 0 Å². The van der Waals surface area contributed by atoms with Gasteiger partial charge in [-0.25, -0.2) is 9.78 Å². The number of aromatic nitrogens is 1. The van der Waals surface area contributed by atoms with Crippen LogP contribution in [0.1, 0.15) is 37.0 Å². The van der Waals surface area contributed by atoms with Crippen LogP contribution in [0.5, 0.6) is 0 Å². The van der Waals surface area contributed by atoms with Crippen molar-refractivity contribution in [3.05, 3.63) is 17.8 Å². The molecule has 0 aliphatic heterocycles. The number of nitrogen functional groups attached to an aromatic ring is 1. The zero-order valence-electron chi connectivity index (χ0n) is 11.7. The van der Waals surface area contributed by atoms with E-state index in [1.807, 2.05) is 0 Å². The van der Waals surface area contributed by atoms with Crippen LogP contribution in [0.3, 0.4) is 0 Å². The van der Waals surface area contributed by atoms with Crippen LogP contribution in [0.4, 0.5) is 11.5 Å². The summed E-state index contributed by atoms with van der Waals surface area (Å²) in [5.41, 5.74) is 6.91. The van der Waals surface area contributed by atoms with Gasteiger partial charge in [-0.3, -0.25) is 0 Å². The summed E-state index contributed by atoms with van der Waals surface area (Å²) >= 11 is 0. The third-order valence-corrected chi connectivity index (χ3v) is 3.20. The molecule has 1 aromatic heterocycles. The maximum absolute atomic E-state index is 11.7. The Labute approximate surface area is 113 Å². The van der Waals surface area contributed by atoms with Crippen LogP contribution in [0.2, 0.25) is 0 Å². The number of hydrogen-bond acceptors (Lipinski definition) is 5. The van der Waals surface area contributed by atoms with Gasteiger partial charge in [0.1, 0.15) is 0 Å². The smallest absolute Gasteiger partial charge is 0.340 e. The zero-order chi connectivity index (χ0) is 14.0. The molecule has 104 valence electrons. The highest BCUT2D eigenvalue weighted by atomic mass is 16.5. The van der Waals surface area contributed by atoms with Crippen LogP contribution < -0.4 is 10.6 Å². The van der Waals surface area contributed by atoms with Crippen LogP contribution in [-0.4, -0.2) is 30.6 Å². The molecule has 0 radical (unpaired) electrons. The molecule has 2 rings (SSSR count). The molecular weight excluding hydrogens is 242 g/mol. The Morgan fingerprint density at radius 1 is 1.58 bits per heavy atom. The van der Waals surface area contributed by atoms with Crippen molar-refractivity contribution in [1.82, 2.24) is 4.98 Å². The molecule has 0 aromatic carbocycles. The van der Waals surface area contributed by atoms with Gasteiger partial charge in [-0.05, 0) is 24.8 Å². The van der Waals surface area contributed by atoms with E-state index in [-0.39, 0.29) is 0 Å². The predicted molar refractivity (Wildman–Crippen MR) is 75.2 cm³/mol. The lowest BCUT2D eigenvalue weighted by molar-refractivity contribution is 0.0602. The summed E-state index contributed by atoms with van der Waals surface area (Å²) in [5, 5.41) is 0. The molecule has 1 aliphatic rings. The van der Waals surface area contributed by atoms with Gasteiger partial charge in [-0.1, -0.05) is 13.8 Å². The summed E-state index contributed by atoms with van der Waals surface area (Å²) in [6.07, 6.45) is 3.94. The van der Waals surface area contributed by atoms with Crippen molar-refractivity contribution in [1.29, 1.82) is 0 Å². The van der Waals surface area contributed by atoms with E-state index in [0.717, 1.165) is 19.4 Å². The fraction of sp³-hybridized carbons (Fsp3) is 0.571. The molecule has 1 heterocycles. The van der Waals surface area contributed by atoms with Crippen molar-refractivity contribution in [3.8, 4) is 0 Å². The van der Waals surface area contributed by atoms with E-state index in [9.17, 15) is 4.79 Å². The summed E-state index contributed by atoms with van der Waals surface area (Å²) in [4.78, 5) is 18.2. The number of rotatable bonds is 5. The summed E-state index contributed by atoms with van der Waals surface area (Å²) in [6.45, 7) is 5.22. The molecule has 0 saturated heterocycles. The summed E-state index contributed by atoms with van der Waals surface area (Å²) in [6, 6.07) is 2.11. The highest BCUT2D eigenvalue weighted by Gasteiger charge is 2.32. The Balaban J connectivity index is 2.34. The Morgan fingerprint density at radius 2 is 2.26 bits per heavy atom. The Hall–Kier alpha value is -1.78. The van der Waals surface area contributed by atoms with E-state index in [1.54, 1.807) is 12.3 Å². The summed E-state index contributed by atoms with van der Waals surface area (Å²) in [5.74, 6) is 0.809. The van der Waals surface area contributed by atoms with Crippen LogP contribution in [-0.2, 0) is 4.74 Å². The number of carbonyl (C=O) groups is 1. The molecule has 5 heteroatoms. The Kier molecular flexibility index (Phi) is 3.93. The van der Waals surface area contributed by atoms with Crippen LogP contribution in [0, 0.1) is 5.92 Å². The number of ether oxygens (including phenoxy) is 1. The van der Waals surface area contributed by atoms with Gasteiger partial charge in [0.05, 0.1) is 18.4 Å². The molecule has 19 heavy (non-hydrogen) atoms. The summed E-state index contributed by atoms with van der Waals surface area (Å²) in [7, 11) is 1.36. The SMILES string of the molecule is COC(=O)c1ccnc(N(CC(C)C)C2CC2)c1N. The van der Waals surface area contributed by atoms with Gasteiger partial charge in [0.2, 0.25) is 0 Å². The largest absolute Gasteiger partial charge is 0.465 e. The lowest BCUT2D eigenvalue weighted by Gasteiger charge is -2.27. The van der Waals surface area contributed by atoms with Gasteiger partial charge >= 0.3 is 5.97 Å². The minimum absolute atomic E-state index is 0.391. The van der Waals surface area contributed by atoms with E-state index >= 15 is 0 Å². The topological polar surface area (TPSA) is 68.5 Å². The number of hydrogen-bond donors (Lipinski definition) is 1. The second kappa shape index (κ2) is 5.47. The van der Waals surface area contributed by atoms with Crippen molar-refractivity contribution in [3.63, 3.8) is 0 Å². The summed E-state index contributed by atoms with van der Waals surface area (Å²) < 4.78 is 4.74. The number of nitrogens with two attached hydrogens (primary N) is 1. The number of carbonyl (C=O) groups excluding carboxylic acids is 1. The molecule has 0 amide bonds. The lowest BCUT2D eigenvalue weighted by Crippen LogP contribution is -2.31. The zero-order valence-corrected chi connectivity index (χ0v) is 11.7. The molecule has 1 aromatic rings. The van der Waals surface area contributed by atoms with E-state index in [0.29, 0.717) is 29.0 Å². The van der Waals surface area contributed by atoms with E-state index in [1.165, 1.54) is 7.11 Å². The maximum Gasteiger partial charge on any atom is 0.340 e. The third-order valence-electron chi connectivity index (χ3n) is 3.20. The Morgan fingerprint density at radius 3 is 2.79 bits per heavy atom. The standard InChI is InChI=1S/C14H21N3O2/c1-9(2)8-17(10-4-5-10)13-12(15)11(6-7-16-13)14(18)19-3/h6-7,9-10H,4-5,8,15H2,1-3H3. The molecule has 0 spiro atoms. The number of esters is 1. The Bertz CT molecular complexity index is 470. The average molecular weight is 263 g/mol. The lowest BCUT2D eigenvalue weighted by atomic mass is 10.1. The molecule has 0 unspecified atom stereocenters. The van der Waals surface area contributed by atoms with E-state index < -0.39 is 5.97 Å². The highest BCUT2D eigenvalue weighted by molar-refractivity contribution is 5.97. The van der Waals surface area contributed by atoms with Crippen molar-refractivity contribution < 1.29 is 9.53 Å². The molecule has 2 N–H and O–H groups in total. The fourth-order valence-electron chi connectivity index (χ4n) is 2.17. The normalized spacial score (nSPS) is 14.5. The molecular formula is C14H21N3O2. The van der Waals surface area contributed by atoms with Crippen molar-refractivity contribution in [2.45, 2.75) is 32.7 Å². The number of anilines is 2. The van der Waals surface area contributed by atoms with Gasteiger partial charge < -0.3 is 15.4 Å². The van der Waals surface area contributed by atoms with Crippen LogP contribution in [0.15, 0.2) is 12.3 Å². The van der Waals surface area contributed by atoms with Crippen molar-refractivity contribution in [2.24, 2.45) is 5.92 Å². The van der Waals surface area contributed by atoms with Gasteiger partial charge in [0.15, 0.2) is 5.82 Å². The van der Waals surface area contributed by atoms with Gasteiger partial charge in [-0.2, -0.15) is 0 Å². The fourth-order valence-corrected chi connectivity index (χ4v) is 2.17. The van der Waals surface area contributed by atoms with Gasteiger partial charge in [0, 0.05) is 18.8 Å². The second-order valence-corrected chi connectivity index (χ2v) is 5.36. The first-order valence-electron chi connectivity index (χ1n) is 6.64. The van der Waals surface area contributed by atoms with Gasteiger partial charge in [-0.15, -0.1) is 0 Å². The first-order valence-corrected chi connectivity index (χ1v) is 6.64. The molecule has 1 saturated carbocycles. The number of nitrogens with zero attached hydrogens (tertiary/aromatic N) is 2. The minimum atomic E-state index is -0.415. The molecule has 0 bridgehead atoms. The molecule has 1 aliphatic carbocycles. The molecule has 5 nitrogen and oxygen atoms in total. The monoisotopic (exact) mass is 263 g/mol. The number of pyridine rings is 1. The highest BCUT2D eigenvalue weighted by Crippen LogP contribution is 2.35. The average Bonchev–Trinajstić information content (AvgIpc) is 3.20. The van der Waals surface area contributed by atoms with Crippen LogP contribution in [0.25, 0.3) is 0 Å². The minimum Gasteiger partial charge on any atom is -0.465 e. The van der Waals surface area contributed by atoms with Crippen molar-refractivity contribution >= 4 is 17.5 Å². The van der Waals surface area contributed by atoms with E-state index in [2.05, 4.69) is 23.7 Å².